The minimum Gasteiger partial charge on any atom is -0.463 e. The third-order valence-corrected chi connectivity index (χ3v) is 2.17. The fourth-order valence-electron chi connectivity index (χ4n) is 1.16. The van der Waals surface area contributed by atoms with Gasteiger partial charge in [-0.1, -0.05) is 23.7 Å². The summed E-state index contributed by atoms with van der Waals surface area (Å²) in [5, 5.41) is 0.605. The zero-order chi connectivity index (χ0) is 12.7. The molecule has 0 radical (unpaired) electrons. The highest BCUT2D eigenvalue weighted by Gasteiger charge is 2.08. The second-order valence-corrected chi connectivity index (χ2v) is 3.71. The monoisotopic (exact) mass is 256 g/mol. The number of hydrogen-bond acceptors (Lipinski definition) is 4. The molecule has 0 amide bonds. The van der Waals surface area contributed by atoms with Crippen LogP contribution in [0.15, 0.2) is 24.3 Å². The molecule has 17 heavy (non-hydrogen) atoms. The van der Waals surface area contributed by atoms with Gasteiger partial charge in [-0.3, -0.25) is 4.79 Å². The van der Waals surface area contributed by atoms with Gasteiger partial charge >= 0.3 is 11.9 Å². The Bertz CT molecular complexity index is 386. The first-order chi connectivity index (χ1) is 8.11. The first kappa shape index (κ1) is 13.5. The van der Waals surface area contributed by atoms with Gasteiger partial charge in [-0.2, -0.15) is 0 Å². The van der Waals surface area contributed by atoms with Crippen molar-refractivity contribution in [2.45, 2.75) is 13.3 Å². The van der Waals surface area contributed by atoms with E-state index in [1.165, 1.54) is 0 Å². The standard InChI is InChI=1S/C12H13ClO4/c1-2-16-12(15)8-17-11(14)7-9-3-5-10(13)6-4-9/h3-6H,2,7-8H2,1H3. The Labute approximate surface area is 104 Å². The van der Waals surface area contributed by atoms with Crippen molar-refractivity contribution in [3.05, 3.63) is 34.9 Å². The normalized spacial score (nSPS) is 9.76. The van der Waals surface area contributed by atoms with E-state index in [9.17, 15) is 9.59 Å². The molecule has 0 fully saturated rings. The maximum absolute atomic E-state index is 11.3. The number of benzene rings is 1. The van der Waals surface area contributed by atoms with Crippen LogP contribution in [0.3, 0.4) is 0 Å². The number of carbonyl (C=O) groups is 2. The number of carbonyl (C=O) groups excluding carboxylic acids is 2. The predicted molar refractivity (Wildman–Crippen MR) is 62.7 cm³/mol. The number of esters is 2. The summed E-state index contributed by atoms with van der Waals surface area (Å²) in [6.07, 6.45) is 0.108. The molecule has 0 aliphatic carbocycles. The molecule has 1 aromatic rings. The van der Waals surface area contributed by atoms with Crippen molar-refractivity contribution < 1.29 is 19.1 Å². The van der Waals surface area contributed by atoms with Gasteiger partial charge < -0.3 is 9.47 Å². The molecule has 0 saturated carbocycles. The topological polar surface area (TPSA) is 52.6 Å². The summed E-state index contributed by atoms with van der Waals surface area (Å²) in [5.41, 5.74) is 0.781. The van der Waals surface area contributed by atoms with Crippen LogP contribution in [-0.4, -0.2) is 25.2 Å². The molecule has 0 bridgehead atoms. The van der Waals surface area contributed by atoms with Gasteiger partial charge in [0.05, 0.1) is 13.0 Å². The van der Waals surface area contributed by atoms with Crippen molar-refractivity contribution >= 4 is 23.5 Å². The van der Waals surface area contributed by atoms with Crippen LogP contribution in [0.5, 0.6) is 0 Å². The fraction of sp³-hybridized carbons (Fsp3) is 0.333. The SMILES string of the molecule is CCOC(=O)COC(=O)Cc1ccc(Cl)cc1. The molecule has 1 rings (SSSR count). The largest absolute Gasteiger partial charge is 0.463 e. The van der Waals surface area contributed by atoms with E-state index >= 15 is 0 Å². The molecule has 4 nitrogen and oxygen atoms in total. The van der Waals surface area contributed by atoms with Crippen molar-refractivity contribution in [1.82, 2.24) is 0 Å². The summed E-state index contributed by atoms with van der Waals surface area (Å²) in [5.74, 6) is -1.02. The molecule has 0 atom stereocenters. The highest BCUT2D eigenvalue weighted by molar-refractivity contribution is 6.30. The van der Waals surface area contributed by atoms with Crippen molar-refractivity contribution in [3.63, 3.8) is 0 Å². The third-order valence-electron chi connectivity index (χ3n) is 1.92. The molecular weight excluding hydrogens is 244 g/mol. The lowest BCUT2D eigenvalue weighted by atomic mass is 10.2. The molecular formula is C12H13ClO4. The van der Waals surface area contributed by atoms with E-state index in [0.717, 1.165) is 5.56 Å². The zero-order valence-corrected chi connectivity index (χ0v) is 10.2. The Balaban J connectivity index is 2.34. The molecule has 0 N–H and O–H groups in total. The predicted octanol–water partition coefficient (Wildman–Crippen LogP) is 1.99. The molecule has 92 valence electrons. The van der Waals surface area contributed by atoms with Crippen molar-refractivity contribution in [2.24, 2.45) is 0 Å². The number of halogens is 1. The quantitative estimate of drug-likeness (QED) is 0.756. The highest BCUT2D eigenvalue weighted by atomic mass is 35.5. The van der Waals surface area contributed by atoms with E-state index < -0.39 is 11.9 Å². The Kier molecular flexibility index (Phi) is 5.49. The second kappa shape index (κ2) is 6.91. The van der Waals surface area contributed by atoms with Crippen molar-refractivity contribution in [2.75, 3.05) is 13.2 Å². The summed E-state index contributed by atoms with van der Waals surface area (Å²) in [7, 11) is 0. The van der Waals surface area contributed by atoms with Crippen molar-refractivity contribution in [1.29, 1.82) is 0 Å². The van der Waals surface area contributed by atoms with Gasteiger partial charge in [0, 0.05) is 5.02 Å². The van der Waals surface area contributed by atoms with E-state index in [1.54, 1.807) is 31.2 Å². The third kappa shape index (κ3) is 5.36. The van der Waals surface area contributed by atoms with Crippen LogP contribution in [0, 0.1) is 0 Å². The molecule has 0 unspecified atom stereocenters. The van der Waals surface area contributed by atoms with Crippen molar-refractivity contribution in [3.8, 4) is 0 Å². The van der Waals surface area contributed by atoms with Crippen LogP contribution in [0.2, 0.25) is 5.02 Å². The highest BCUT2D eigenvalue weighted by Crippen LogP contribution is 2.10. The average Bonchev–Trinajstić information content (AvgIpc) is 2.30. The maximum atomic E-state index is 11.3. The minimum atomic E-state index is -0.544. The van der Waals surface area contributed by atoms with Crippen LogP contribution in [0.1, 0.15) is 12.5 Å². The lowest BCUT2D eigenvalue weighted by molar-refractivity contribution is -0.158. The van der Waals surface area contributed by atoms with Crippen LogP contribution < -0.4 is 0 Å². The molecule has 1 aromatic carbocycles. The van der Waals surface area contributed by atoms with Gasteiger partial charge in [-0.25, -0.2) is 4.79 Å². The van der Waals surface area contributed by atoms with E-state index in [1.807, 2.05) is 0 Å². The van der Waals surface area contributed by atoms with Gasteiger partial charge in [0.15, 0.2) is 6.61 Å². The van der Waals surface area contributed by atoms with Crippen LogP contribution in [-0.2, 0) is 25.5 Å². The molecule has 0 saturated heterocycles. The fourth-order valence-corrected chi connectivity index (χ4v) is 1.29. The lowest BCUT2D eigenvalue weighted by Gasteiger charge is -2.04. The molecule has 0 heterocycles. The van der Waals surface area contributed by atoms with E-state index in [4.69, 9.17) is 16.3 Å². The summed E-state index contributed by atoms with van der Waals surface area (Å²) < 4.78 is 9.37. The summed E-state index contributed by atoms with van der Waals surface area (Å²) >= 11 is 5.71. The lowest BCUT2D eigenvalue weighted by Crippen LogP contribution is -2.17. The van der Waals surface area contributed by atoms with Crippen LogP contribution in [0.25, 0.3) is 0 Å². The zero-order valence-electron chi connectivity index (χ0n) is 9.44. The first-order valence-electron chi connectivity index (χ1n) is 5.17. The summed E-state index contributed by atoms with van der Waals surface area (Å²) in [6.45, 7) is 1.61. The van der Waals surface area contributed by atoms with E-state index in [0.29, 0.717) is 5.02 Å². The Morgan fingerprint density at radius 2 is 1.76 bits per heavy atom. The minimum absolute atomic E-state index is 0.108. The summed E-state index contributed by atoms with van der Waals surface area (Å²) in [4.78, 5) is 22.3. The number of hydrogen-bond donors (Lipinski definition) is 0. The van der Waals surface area contributed by atoms with Gasteiger partial charge in [-0.15, -0.1) is 0 Å². The van der Waals surface area contributed by atoms with E-state index in [2.05, 4.69) is 4.74 Å². The summed E-state index contributed by atoms with van der Waals surface area (Å²) in [6, 6.07) is 6.84. The second-order valence-electron chi connectivity index (χ2n) is 3.27. The van der Waals surface area contributed by atoms with Gasteiger partial charge in [0.2, 0.25) is 0 Å². The number of rotatable bonds is 5. The Morgan fingerprint density at radius 3 is 2.35 bits per heavy atom. The van der Waals surface area contributed by atoms with Crippen LogP contribution in [0.4, 0.5) is 0 Å². The van der Waals surface area contributed by atoms with E-state index in [-0.39, 0.29) is 19.6 Å². The smallest absolute Gasteiger partial charge is 0.344 e. The first-order valence-corrected chi connectivity index (χ1v) is 5.55. The van der Waals surface area contributed by atoms with Gasteiger partial charge in [-0.05, 0) is 24.6 Å². The van der Waals surface area contributed by atoms with Crippen LogP contribution >= 0.6 is 11.6 Å². The average molecular weight is 257 g/mol. The molecule has 0 aliphatic rings. The van der Waals surface area contributed by atoms with Gasteiger partial charge in [0.1, 0.15) is 0 Å². The Morgan fingerprint density at radius 1 is 1.12 bits per heavy atom. The molecule has 0 aromatic heterocycles. The maximum Gasteiger partial charge on any atom is 0.344 e. The molecule has 0 aliphatic heterocycles. The number of ether oxygens (including phenoxy) is 2. The molecule has 5 heteroatoms. The Hall–Kier alpha value is -1.55. The molecule has 0 spiro atoms. The van der Waals surface area contributed by atoms with Gasteiger partial charge in [0.25, 0.3) is 0 Å².